The van der Waals surface area contributed by atoms with Crippen molar-refractivity contribution in [3.63, 3.8) is 0 Å². The van der Waals surface area contributed by atoms with Gasteiger partial charge in [-0.3, -0.25) is 0 Å². The van der Waals surface area contributed by atoms with Crippen LogP contribution in [0.25, 0.3) is 6.08 Å². The maximum atomic E-state index is 5.85. The van der Waals surface area contributed by atoms with Crippen molar-refractivity contribution in [2.24, 2.45) is 0 Å². The largest absolute Gasteiger partial charge is 0.492 e. The maximum Gasteiger partial charge on any atom is 0.126 e. The first-order chi connectivity index (χ1) is 9.77. The lowest BCUT2D eigenvalue weighted by atomic mass is 10.1. The van der Waals surface area contributed by atoms with Crippen molar-refractivity contribution < 1.29 is 4.74 Å². The van der Waals surface area contributed by atoms with Gasteiger partial charge in [0.05, 0.1) is 0 Å². The number of rotatable bonds is 10. The minimum Gasteiger partial charge on any atom is -0.492 e. The van der Waals surface area contributed by atoms with Crippen molar-refractivity contribution in [1.29, 1.82) is 0 Å². The molecule has 1 N–H and O–H groups in total. The molecule has 0 spiro atoms. The Morgan fingerprint density at radius 2 is 2.05 bits per heavy atom. The van der Waals surface area contributed by atoms with E-state index in [0.29, 0.717) is 12.6 Å². The molecule has 1 rings (SSSR count). The first kappa shape index (κ1) is 16.8. The third-order valence-electron chi connectivity index (χ3n) is 3.36. The van der Waals surface area contributed by atoms with E-state index in [1.54, 1.807) is 0 Å². The SMILES string of the molecule is CC=Cc1ccccc1OCCNC(C)CCCCC. The molecule has 0 aliphatic carbocycles. The summed E-state index contributed by atoms with van der Waals surface area (Å²) in [5.41, 5.74) is 1.14. The Balaban J connectivity index is 2.24. The lowest BCUT2D eigenvalue weighted by Gasteiger charge is -2.14. The summed E-state index contributed by atoms with van der Waals surface area (Å²) in [5.74, 6) is 0.964. The van der Waals surface area contributed by atoms with Crippen molar-refractivity contribution in [3.8, 4) is 5.75 Å². The molecule has 0 radical (unpaired) electrons. The normalized spacial score (nSPS) is 12.8. The number of hydrogen-bond acceptors (Lipinski definition) is 2. The van der Waals surface area contributed by atoms with Gasteiger partial charge in [0, 0.05) is 18.2 Å². The van der Waals surface area contributed by atoms with Crippen molar-refractivity contribution >= 4 is 6.08 Å². The lowest BCUT2D eigenvalue weighted by Crippen LogP contribution is -2.30. The molecule has 2 nitrogen and oxygen atoms in total. The highest BCUT2D eigenvalue weighted by molar-refractivity contribution is 5.56. The van der Waals surface area contributed by atoms with E-state index < -0.39 is 0 Å². The van der Waals surface area contributed by atoms with Crippen LogP contribution in [0.15, 0.2) is 30.3 Å². The molecule has 0 saturated carbocycles. The summed E-state index contributed by atoms with van der Waals surface area (Å²) in [7, 11) is 0. The number of benzene rings is 1. The second-order valence-corrected chi connectivity index (χ2v) is 5.24. The highest BCUT2D eigenvalue weighted by atomic mass is 16.5. The Morgan fingerprint density at radius 1 is 1.25 bits per heavy atom. The van der Waals surface area contributed by atoms with Gasteiger partial charge in [0.1, 0.15) is 12.4 Å². The zero-order chi connectivity index (χ0) is 14.6. The van der Waals surface area contributed by atoms with E-state index >= 15 is 0 Å². The second kappa shape index (κ2) is 10.5. The van der Waals surface area contributed by atoms with Crippen LogP contribution in [-0.4, -0.2) is 19.2 Å². The van der Waals surface area contributed by atoms with Crippen LogP contribution in [0.3, 0.4) is 0 Å². The number of ether oxygens (including phenoxy) is 1. The minimum absolute atomic E-state index is 0.580. The summed E-state index contributed by atoms with van der Waals surface area (Å²) >= 11 is 0. The van der Waals surface area contributed by atoms with E-state index in [1.807, 2.05) is 31.2 Å². The molecule has 0 bridgehead atoms. The number of nitrogens with one attached hydrogen (secondary N) is 1. The summed E-state index contributed by atoms with van der Waals surface area (Å²) in [6.45, 7) is 8.14. The molecule has 0 amide bonds. The molecule has 0 fully saturated rings. The van der Waals surface area contributed by atoms with Gasteiger partial charge in [0.25, 0.3) is 0 Å². The van der Waals surface area contributed by atoms with Gasteiger partial charge in [-0.05, 0) is 26.3 Å². The lowest BCUT2D eigenvalue weighted by molar-refractivity contribution is 0.303. The standard InChI is InChI=1S/C18H29NO/c1-4-6-7-11-16(3)19-14-15-20-18-13-9-8-12-17(18)10-5-2/h5,8-10,12-13,16,19H,4,6-7,11,14-15H2,1-3H3. The Bertz CT molecular complexity index is 387. The molecule has 0 saturated heterocycles. The smallest absolute Gasteiger partial charge is 0.126 e. The quantitative estimate of drug-likeness (QED) is 0.627. The number of allylic oxidation sites excluding steroid dienone is 1. The molecule has 20 heavy (non-hydrogen) atoms. The molecule has 0 aliphatic heterocycles. The fourth-order valence-electron chi connectivity index (χ4n) is 2.20. The molecule has 1 aromatic rings. The fourth-order valence-corrected chi connectivity index (χ4v) is 2.20. The van der Waals surface area contributed by atoms with Gasteiger partial charge >= 0.3 is 0 Å². The van der Waals surface area contributed by atoms with E-state index in [0.717, 1.165) is 17.9 Å². The van der Waals surface area contributed by atoms with Crippen LogP contribution in [0.1, 0.15) is 52.0 Å². The van der Waals surface area contributed by atoms with Crippen LogP contribution in [-0.2, 0) is 0 Å². The molecular weight excluding hydrogens is 246 g/mol. The minimum atomic E-state index is 0.580. The van der Waals surface area contributed by atoms with Gasteiger partial charge in [0.2, 0.25) is 0 Å². The molecule has 1 atom stereocenters. The maximum absolute atomic E-state index is 5.85. The molecular formula is C18H29NO. The third-order valence-corrected chi connectivity index (χ3v) is 3.36. The van der Waals surface area contributed by atoms with E-state index in [4.69, 9.17) is 4.74 Å². The second-order valence-electron chi connectivity index (χ2n) is 5.24. The summed E-state index contributed by atoms with van der Waals surface area (Å²) < 4.78 is 5.85. The molecule has 1 aromatic carbocycles. The highest BCUT2D eigenvalue weighted by Gasteiger charge is 2.02. The first-order valence-electron chi connectivity index (χ1n) is 7.85. The van der Waals surface area contributed by atoms with Crippen molar-refractivity contribution in [1.82, 2.24) is 5.32 Å². The van der Waals surface area contributed by atoms with Gasteiger partial charge in [-0.2, -0.15) is 0 Å². The summed E-state index contributed by atoms with van der Waals surface area (Å²) in [6, 6.07) is 8.74. The highest BCUT2D eigenvalue weighted by Crippen LogP contribution is 2.19. The van der Waals surface area contributed by atoms with Crippen LogP contribution >= 0.6 is 0 Å². The van der Waals surface area contributed by atoms with Gasteiger partial charge in [-0.15, -0.1) is 0 Å². The monoisotopic (exact) mass is 275 g/mol. The molecule has 0 aliphatic rings. The molecule has 0 aromatic heterocycles. The van der Waals surface area contributed by atoms with Crippen LogP contribution in [0.2, 0.25) is 0 Å². The van der Waals surface area contributed by atoms with Gasteiger partial charge in [-0.25, -0.2) is 0 Å². The third kappa shape index (κ3) is 6.76. The Kier molecular flexibility index (Phi) is 8.81. The molecule has 0 heterocycles. The van der Waals surface area contributed by atoms with Gasteiger partial charge < -0.3 is 10.1 Å². The number of para-hydroxylation sites is 1. The molecule has 112 valence electrons. The summed E-state index contributed by atoms with van der Waals surface area (Å²) in [6.07, 6.45) is 9.31. The Hall–Kier alpha value is -1.28. The predicted molar refractivity (Wildman–Crippen MR) is 88.3 cm³/mol. The van der Waals surface area contributed by atoms with Crippen molar-refractivity contribution in [2.45, 2.75) is 52.5 Å². The van der Waals surface area contributed by atoms with E-state index in [-0.39, 0.29) is 0 Å². The zero-order valence-electron chi connectivity index (χ0n) is 13.2. The Labute approximate surface area is 124 Å². The van der Waals surface area contributed by atoms with Crippen LogP contribution in [0.4, 0.5) is 0 Å². The Morgan fingerprint density at radius 3 is 2.80 bits per heavy atom. The molecule has 2 heteroatoms. The summed E-state index contributed by atoms with van der Waals surface area (Å²) in [4.78, 5) is 0. The van der Waals surface area contributed by atoms with Crippen LogP contribution in [0, 0.1) is 0 Å². The first-order valence-corrected chi connectivity index (χ1v) is 7.85. The van der Waals surface area contributed by atoms with E-state index in [1.165, 1.54) is 25.7 Å². The van der Waals surface area contributed by atoms with Gasteiger partial charge in [-0.1, -0.05) is 56.5 Å². The average Bonchev–Trinajstić information content (AvgIpc) is 2.46. The number of unbranched alkanes of at least 4 members (excludes halogenated alkanes) is 2. The van der Waals surface area contributed by atoms with Crippen LogP contribution in [0.5, 0.6) is 5.75 Å². The fraction of sp³-hybridized carbons (Fsp3) is 0.556. The van der Waals surface area contributed by atoms with Gasteiger partial charge in [0.15, 0.2) is 0 Å². The number of hydrogen-bond donors (Lipinski definition) is 1. The van der Waals surface area contributed by atoms with Crippen molar-refractivity contribution in [3.05, 3.63) is 35.9 Å². The predicted octanol–water partition coefficient (Wildman–Crippen LogP) is 4.66. The van der Waals surface area contributed by atoms with E-state index in [2.05, 4.69) is 31.3 Å². The van der Waals surface area contributed by atoms with Crippen molar-refractivity contribution in [2.75, 3.05) is 13.2 Å². The van der Waals surface area contributed by atoms with E-state index in [9.17, 15) is 0 Å². The topological polar surface area (TPSA) is 21.3 Å². The summed E-state index contributed by atoms with van der Waals surface area (Å²) in [5, 5.41) is 3.52. The van der Waals surface area contributed by atoms with Crippen LogP contribution < -0.4 is 10.1 Å². The zero-order valence-corrected chi connectivity index (χ0v) is 13.2. The molecule has 1 unspecified atom stereocenters. The average molecular weight is 275 g/mol.